The zero-order valence-electron chi connectivity index (χ0n) is 12.6. The van der Waals surface area contributed by atoms with Crippen molar-refractivity contribution < 1.29 is 26.0 Å². The molecular formula is C14H26GeNO5. The van der Waals surface area contributed by atoms with Crippen molar-refractivity contribution >= 4 is 32.5 Å². The summed E-state index contributed by atoms with van der Waals surface area (Å²) < 4.78 is 6.46. The van der Waals surface area contributed by atoms with Crippen LogP contribution in [0.15, 0.2) is 24.3 Å². The van der Waals surface area contributed by atoms with Crippen LogP contribution in [0.2, 0.25) is 0 Å². The molecule has 1 aromatic rings. The maximum Gasteiger partial charge on any atom is -0.412 e. The Morgan fingerprint density at radius 1 is 1.14 bits per heavy atom. The third kappa shape index (κ3) is 8.84. The van der Waals surface area contributed by atoms with Crippen molar-refractivity contribution in [3.8, 4) is 0 Å². The monoisotopic (exact) mass is 362 g/mol. The van der Waals surface area contributed by atoms with Crippen LogP contribution in [0.1, 0.15) is 26.7 Å². The summed E-state index contributed by atoms with van der Waals surface area (Å²) in [5.74, 6) is 0.168. The maximum absolute atomic E-state index is 12.1. The van der Waals surface area contributed by atoms with Crippen molar-refractivity contribution in [1.29, 1.82) is 0 Å². The summed E-state index contributed by atoms with van der Waals surface area (Å²) in [7, 11) is 0. The summed E-state index contributed by atoms with van der Waals surface area (Å²) in [6.07, 6.45) is 1.33. The largest absolute Gasteiger partial charge is 0.412 e. The van der Waals surface area contributed by atoms with Crippen LogP contribution in [0, 0.1) is 0 Å². The SMILES string of the molecule is CCOCCCC(=O)N(CC)c1cc[c]([Ge])cc1.O.O.O. The number of anilines is 1. The minimum absolute atomic E-state index is 0. The van der Waals surface area contributed by atoms with Crippen LogP contribution in [-0.4, -0.2) is 58.6 Å². The van der Waals surface area contributed by atoms with Crippen LogP contribution in [-0.2, 0) is 9.53 Å². The Bertz CT molecular complexity index is 372. The number of carbonyl (C=O) groups excluding carboxylic acids is 1. The third-order valence-electron chi connectivity index (χ3n) is 2.68. The van der Waals surface area contributed by atoms with Gasteiger partial charge in [-0.05, 0) is 0 Å². The summed E-state index contributed by atoms with van der Waals surface area (Å²) in [6, 6.07) is 8.06. The molecule has 1 rings (SSSR count). The normalized spacial score (nSPS) is 8.90. The van der Waals surface area contributed by atoms with E-state index in [-0.39, 0.29) is 22.3 Å². The molecule has 21 heavy (non-hydrogen) atoms. The smallest absolute Gasteiger partial charge is 0.412 e. The molecule has 0 aromatic heterocycles. The van der Waals surface area contributed by atoms with Gasteiger partial charge in [0.2, 0.25) is 0 Å². The van der Waals surface area contributed by atoms with E-state index in [1.54, 1.807) is 0 Å². The van der Waals surface area contributed by atoms with Gasteiger partial charge in [-0.15, -0.1) is 0 Å². The second-order valence-electron chi connectivity index (χ2n) is 3.99. The first kappa shape index (κ1) is 25.1. The maximum atomic E-state index is 12.1. The molecule has 0 bridgehead atoms. The van der Waals surface area contributed by atoms with E-state index in [0.717, 1.165) is 12.1 Å². The van der Waals surface area contributed by atoms with Gasteiger partial charge < -0.3 is 16.4 Å². The van der Waals surface area contributed by atoms with Crippen LogP contribution in [0.4, 0.5) is 5.69 Å². The van der Waals surface area contributed by atoms with Crippen LogP contribution in [0.25, 0.3) is 0 Å². The second-order valence-corrected chi connectivity index (χ2v) is 5.20. The van der Waals surface area contributed by atoms with Gasteiger partial charge in [0.05, 0.1) is 0 Å². The molecule has 0 spiro atoms. The van der Waals surface area contributed by atoms with E-state index in [1.165, 1.54) is 4.40 Å². The quantitative estimate of drug-likeness (QED) is 0.465. The Morgan fingerprint density at radius 3 is 2.19 bits per heavy atom. The van der Waals surface area contributed by atoms with Gasteiger partial charge in [0.15, 0.2) is 0 Å². The van der Waals surface area contributed by atoms with E-state index in [1.807, 2.05) is 59.5 Å². The molecule has 0 aliphatic heterocycles. The van der Waals surface area contributed by atoms with Crippen LogP contribution < -0.4 is 9.30 Å². The van der Waals surface area contributed by atoms with Crippen LogP contribution in [0.5, 0.6) is 0 Å². The molecule has 0 aliphatic rings. The fourth-order valence-electron chi connectivity index (χ4n) is 1.75. The number of carbonyl (C=O) groups is 1. The molecule has 1 aromatic carbocycles. The zero-order valence-corrected chi connectivity index (χ0v) is 14.7. The summed E-state index contributed by atoms with van der Waals surface area (Å²) in [6.45, 7) is 6.04. The number of nitrogens with zero attached hydrogens (tertiary/aromatic N) is 1. The number of hydrogen-bond acceptors (Lipinski definition) is 2. The molecule has 0 fully saturated rings. The first-order valence-electron chi connectivity index (χ1n) is 6.38. The number of rotatable bonds is 7. The minimum Gasteiger partial charge on any atom is -0.412 e. The Kier molecular flexibility index (Phi) is 16.7. The predicted molar refractivity (Wildman–Crippen MR) is 86.4 cm³/mol. The summed E-state index contributed by atoms with van der Waals surface area (Å²) in [5.41, 5.74) is 0.976. The van der Waals surface area contributed by atoms with Gasteiger partial charge in [-0.25, -0.2) is 0 Å². The summed E-state index contributed by atoms with van der Waals surface area (Å²) >= 11 is 2.05. The molecule has 7 heteroatoms. The first-order chi connectivity index (χ1) is 8.69. The van der Waals surface area contributed by atoms with Crippen molar-refractivity contribution in [3.63, 3.8) is 0 Å². The van der Waals surface area contributed by atoms with Gasteiger partial charge in [0.1, 0.15) is 0 Å². The van der Waals surface area contributed by atoms with Crippen molar-refractivity contribution in [2.45, 2.75) is 26.7 Å². The van der Waals surface area contributed by atoms with Crippen molar-refractivity contribution in [3.05, 3.63) is 24.3 Å². The molecule has 0 atom stereocenters. The number of ether oxygens (including phenoxy) is 1. The molecule has 6 N–H and O–H groups in total. The van der Waals surface area contributed by atoms with Gasteiger partial charge in [-0.1, -0.05) is 0 Å². The van der Waals surface area contributed by atoms with Crippen molar-refractivity contribution in [1.82, 2.24) is 0 Å². The van der Waals surface area contributed by atoms with E-state index in [2.05, 4.69) is 0 Å². The Morgan fingerprint density at radius 2 is 1.71 bits per heavy atom. The molecule has 6 nitrogen and oxygen atoms in total. The zero-order chi connectivity index (χ0) is 13.4. The molecule has 121 valence electrons. The van der Waals surface area contributed by atoms with E-state index < -0.39 is 0 Å². The topological polar surface area (TPSA) is 124 Å². The van der Waals surface area contributed by atoms with Crippen molar-refractivity contribution in [2.24, 2.45) is 0 Å². The average Bonchev–Trinajstić information content (AvgIpc) is 2.38. The van der Waals surface area contributed by atoms with Gasteiger partial charge in [-0.2, -0.15) is 0 Å². The molecular weight excluding hydrogens is 335 g/mol. The number of amides is 1. The van der Waals surface area contributed by atoms with Gasteiger partial charge >= 0.3 is 118 Å². The molecule has 0 heterocycles. The molecule has 0 saturated carbocycles. The van der Waals surface area contributed by atoms with Gasteiger partial charge in [-0.3, -0.25) is 0 Å². The van der Waals surface area contributed by atoms with Crippen LogP contribution >= 0.6 is 0 Å². The molecule has 3 radical (unpaired) electrons. The van der Waals surface area contributed by atoms with E-state index in [9.17, 15) is 4.79 Å². The van der Waals surface area contributed by atoms with E-state index in [0.29, 0.717) is 26.2 Å². The standard InChI is InChI=1S/C14H20GeNO2.3H2O/c1-3-16(13-9-7-12(15)8-10-13)14(17)6-5-11-18-4-2;;;/h7-10H,3-6,11H2,1-2H3;3*1H2. The molecule has 1 amide bonds. The number of benzene rings is 1. The van der Waals surface area contributed by atoms with Crippen LogP contribution in [0.3, 0.4) is 0 Å². The van der Waals surface area contributed by atoms with Gasteiger partial charge in [0, 0.05) is 0 Å². The summed E-state index contributed by atoms with van der Waals surface area (Å²) in [5, 5.41) is 0. The Balaban J connectivity index is -0.00000108. The second kappa shape index (κ2) is 14.0. The Hall–Kier alpha value is -0.927. The minimum atomic E-state index is 0. The first-order valence-corrected chi connectivity index (χ1v) is 7.43. The fraction of sp³-hybridized carbons (Fsp3) is 0.500. The third-order valence-corrected chi connectivity index (χ3v) is 3.38. The molecule has 0 saturated heterocycles. The Labute approximate surface area is 134 Å². The fourth-order valence-corrected chi connectivity index (χ4v) is 2.10. The van der Waals surface area contributed by atoms with E-state index in [4.69, 9.17) is 4.74 Å². The summed E-state index contributed by atoms with van der Waals surface area (Å²) in [4.78, 5) is 13.9. The van der Waals surface area contributed by atoms with E-state index >= 15 is 0 Å². The predicted octanol–water partition coefficient (Wildman–Crippen LogP) is -0.824. The van der Waals surface area contributed by atoms with Gasteiger partial charge in [0.25, 0.3) is 0 Å². The molecule has 0 aliphatic carbocycles. The van der Waals surface area contributed by atoms with Crippen molar-refractivity contribution in [2.75, 3.05) is 24.7 Å². The number of hydrogen-bond donors (Lipinski definition) is 0. The molecule has 0 unspecified atom stereocenters. The average molecular weight is 361 g/mol.